The van der Waals surface area contributed by atoms with Crippen molar-refractivity contribution in [1.82, 2.24) is 4.90 Å². The van der Waals surface area contributed by atoms with E-state index >= 15 is 0 Å². The molecule has 2 rings (SSSR count). The topological polar surface area (TPSA) is 29.3 Å². The Kier molecular flexibility index (Phi) is 6.06. The lowest BCUT2D eigenvalue weighted by atomic mass is 9.86. The van der Waals surface area contributed by atoms with E-state index in [1.807, 2.05) is 0 Å². The molecular formula is C17H27BrN2. The van der Waals surface area contributed by atoms with Gasteiger partial charge in [-0.3, -0.25) is 0 Å². The van der Waals surface area contributed by atoms with Crippen molar-refractivity contribution < 1.29 is 0 Å². The summed E-state index contributed by atoms with van der Waals surface area (Å²) in [6, 6.07) is 9.29. The van der Waals surface area contributed by atoms with Crippen molar-refractivity contribution in [3.63, 3.8) is 0 Å². The molecule has 0 radical (unpaired) electrons. The van der Waals surface area contributed by atoms with Crippen LogP contribution in [-0.2, 0) is 0 Å². The molecule has 1 aromatic rings. The van der Waals surface area contributed by atoms with Gasteiger partial charge < -0.3 is 10.6 Å². The van der Waals surface area contributed by atoms with Gasteiger partial charge in [0.15, 0.2) is 0 Å². The molecule has 1 aliphatic rings. The SMILES string of the molecule is CC1CCCC(N(C)CCC(N)c2ccc(Br)cc2)C1. The monoisotopic (exact) mass is 338 g/mol. The summed E-state index contributed by atoms with van der Waals surface area (Å²) < 4.78 is 1.11. The number of nitrogens with zero attached hydrogens (tertiary/aromatic N) is 1. The van der Waals surface area contributed by atoms with Gasteiger partial charge in [0, 0.05) is 16.6 Å². The lowest BCUT2D eigenvalue weighted by molar-refractivity contribution is 0.160. The first kappa shape index (κ1) is 16.0. The number of rotatable bonds is 5. The van der Waals surface area contributed by atoms with Crippen molar-refractivity contribution in [2.24, 2.45) is 11.7 Å². The molecule has 2 N–H and O–H groups in total. The second-order valence-electron chi connectivity index (χ2n) is 6.35. The van der Waals surface area contributed by atoms with Crippen LogP contribution in [0.15, 0.2) is 28.7 Å². The molecule has 0 bridgehead atoms. The molecule has 0 amide bonds. The third-order valence-electron chi connectivity index (χ3n) is 4.62. The highest BCUT2D eigenvalue weighted by molar-refractivity contribution is 9.10. The molecule has 0 spiro atoms. The Morgan fingerprint density at radius 1 is 1.30 bits per heavy atom. The van der Waals surface area contributed by atoms with E-state index < -0.39 is 0 Å². The maximum absolute atomic E-state index is 6.31. The predicted octanol–water partition coefficient (Wildman–Crippen LogP) is 4.35. The van der Waals surface area contributed by atoms with Crippen molar-refractivity contribution in [2.45, 2.75) is 51.1 Å². The number of hydrogen-bond acceptors (Lipinski definition) is 2. The zero-order chi connectivity index (χ0) is 14.5. The molecule has 0 heterocycles. The molecule has 1 fully saturated rings. The van der Waals surface area contributed by atoms with E-state index in [1.165, 1.54) is 31.2 Å². The van der Waals surface area contributed by atoms with Gasteiger partial charge in [0.1, 0.15) is 0 Å². The molecule has 3 atom stereocenters. The number of benzene rings is 1. The zero-order valence-electron chi connectivity index (χ0n) is 12.7. The van der Waals surface area contributed by atoms with Crippen LogP contribution in [0.1, 0.15) is 50.6 Å². The fraction of sp³-hybridized carbons (Fsp3) is 0.647. The third kappa shape index (κ3) is 4.57. The summed E-state index contributed by atoms with van der Waals surface area (Å²) in [7, 11) is 2.26. The maximum atomic E-state index is 6.31. The van der Waals surface area contributed by atoms with Crippen LogP contribution in [0.3, 0.4) is 0 Å². The van der Waals surface area contributed by atoms with Crippen molar-refractivity contribution >= 4 is 15.9 Å². The van der Waals surface area contributed by atoms with E-state index in [0.29, 0.717) is 0 Å². The van der Waals surface area contributed by atoms with Crippen LogP contribution < -0.4 is 5.73 Å². The Labute approximate surface area is 131 Å². The fourth-order valence-corrected chi connectivity index (χ4v) is 3.47. The number of nitrogens with two attached hydrogens (primary N) is 1. The Balaban J connectivity index is 1.80. The normalized spacial score (nSPS) is 24.9. The average molecular weight is 339 g/mol. The van der Waals surface area contributed by atoms with Crippen LogP contribution in [0.5, 0.6) is 0 Å². The Morgan fingerprint density at radius 2 is 2.00 bits per heavy atom. The van der Waals surface area contributed by atoms with Crippen molar-refractivity contribution in [2.75, 3.05) is 13.6 Å². The lowest BCUT2D eigenvalue weighted by Crippen LogP contribution is -2.37. The summed E-state index contributed by atoms with van der Waals surface area (Å²) in [6.45, 7) is 3.47. The summed E-state index contributed by atoms with van der Waals surface area (Å²) in [5.41, 5.74) is 7.54. The van der Waals surface area contributed by atoms with E-state index in [-0.39, 0.29) is 6.04 Å². The minimum absolute atomic E-state index is 0.145. The van der Waals surface area contributed by atoms with Gasteiger partial charge in [-0.1, -0.05) is 47.8 Å². The van der Waals surface area contributed by atoms with Crippen molar-refractivity contribution in [3.8, 4) is 0 Å². The molecule has 0 aromatic heterocycles. The number of hydrogen-bond donors (Lipinski definition) is 1. The molecular weight excluding hydrogens is 312 g/mol. The fourth-order valence-electron chi connectivity index (χ4n) is 3.20. The van der Waals surface area contributed by atoms with Gasteiger partial charge in [-0.2, -0.15) is 0 Å². The molecule has 3 heteroatoms. The van der Waals surface area contributed by atoms with Gasteiger partial charge in [-0.05, 0) is 56.5 Å². The standard InChI is InChI=1S/C17H27BrN2/c1-13-4-3-5-16(12-13)20(2)11-10-17(19)14-6-8-15(18)9-7-14/h6-9,13,16-17H,3-5,10-12,19H2,1-2H3. The summed E-state index contributed by atoms with van der Waals surface area (Å²) in [6.07, 6.45) is 6.53. The van der Waals surface area contributed by atoms with Gasteiger partial charge in [0.05, 0.1) is 0 Å². The summed E-state index contributed by atoms with van der Waals surface area (Å²) in [5, 5.41) is 0. The zero-order valence-corrected chi connectivity index (χ0v) is 14.3. The van der Waals surface area contributed by atoms with Crippen LogP contribution in [0, 0.1) is 5.92 Å². The molecule has 20 heavy (non-hydrogen) atoms. The van der Waals surface area contributed by atoms with Crippen LogP contribution in [0.25, 0.3) is 0 Å². The molecule has 1 aliphatic carbocycles. The van der Waals surface area contributed by atoms with Gasteiger partial charge >= 0.3 is 0 Å². The second-order valence-corrected chi connectivity index (χ2v) is 7.27. The van der Waals surface area contributed by atoms with Crippen LogP contribution in [-0.4, -0.2) is 24.5 Å². The quantitative estimate of drug-likeness (QED) is 0.864. The largest absolute Gasteiger partial charge is 0.324 e. The van der Waals surface area contributed by atoms with Crippen LogP contribution in [0.4, 0.5) is 0 Å². The first-order valence-electron chi connectivity index (χ1n) is 7.77. The Morgan fingerprint density at radius 3 is 2.65 bits per heavy atom. The first-order valence-corrected chi connectivity index (χ1v) is 8.57. The maximum Gasteiger partial charge on any atom is 0.0307 e. The second kappa shape index (κ2) is 7.58. The van der Waals surface area contributed by atoms with Crippen molar-refractivity contribution in [1.29, 1.82) is 0 Å². The molecule has 3 unspecified atom stereocenters. The Hall–Kier alpha value is -0.380. The van der Waals surface area contributed by atoms with Gasteiger partial charge in [-0.25, -0.2) is 0 Å². The average Bonchev–Trinajstić information content (AvgIpc) is 2.45. The molecule has 1 saturated carbocycles. The van der Waals surface area contributed by atoms with E-state index in [2.05, 4.69) is 59.1 Å². The first-order chi connectivity index (χ1) is 9.56. The summed E-state index contributed by atoms with van der Waals surface area (Å²) >= 11 is 3.47. The van der Waals surface area contributed by atoms with Crippen LogP contribution >= 0.6 is 15.9 Å². The highest BCUT2D eigenvalue weighted by Crippen LogP contribution is 2.27. The predicted molar refractivity (Wildman–Crippen MR) is 89.7 cm³/mol. The van der Waals surface area contributed by atoms with Crippen LogP contribution in [0.2, 0.25) is 0 Å². The summed E-state index contributed by atoms with van der Waals surface area (Å²) in [4.78, 5) is 2.52. The molecule has 112 valence electrons. The minimum atomic E-state index is 0.145. The summed E-state index contributed by atoms with van der Waals surface area (Å²) in [5.74, 6) is 0.886. The van der Waals surface area contributed by atoms with E-state index in [4.69, 9.17) is 5.73 Å². The third-order valence-corrected chi connectivity index (χ3v) is 5.15. The molecule has 2 nitrogen and oxygen atoms in total. The van der Waals surface area contributed by atoms with Gasteiger partial charge in [-0.15, -0.1) is 0 Å². The van der Waals surface area contributed by atoms with E-state index in [9.17, 15) is 0 Å². The van der Waals surface area contributed by atoms with Gasteiger partial charge in [0.2, 0.25) is 0 Å². The Bertz CT molecular complexity index is 404. The lowest BCUT2D eigenvalue weighted by Gasteiger charge is -2.34. The van der Waals surface area contributed by atoms with E-state index in [1.54, 1.807) is 0 Å². The smallest absolute Gasteiger partial charge is 0.0307 e. The molecule has 1 aromatic carbocycles. The van der Waals surface area contributed by atoms with Gasteiger partial charge in [0.25, 0.3) is 0 Å². The highest BCUT2D eigenvalue weighted by Gasteiger charge is 2.22. The molecule has 0 saturated heterocycles. The minimum Gasteiger partial charge on any atom is -0.324 e. The highest BCUT2D eigenvalue weighted by atomic mass is 79.9. The molecule has 0 aliphatic heterocycles. The number of halogens is 1. The van der Waals surface area contributed by atoms with E-state index in [0.717, 1.165) is 29.4 Å². The van der Waals surface area contributed by atoms with Crippen molar-refractivity contribution in [3.05, 3.63) is 34.3 Å².